The molecule has 2 amide bonds. The van der Waals surface area contributed by atoms with Gasteiger partial charge in [0.25, 0.3) is 5.91 Å². The van der Waals surface area contributed by atoms with Crippen molar-refractivity contribution in [2.75, 3.05) is 16.9 Å². The van der Waals surface area contributed by atoms with Crippen molar-refractivity contribution in [3.8, 4) is 10.6 Å². The van der Waals surface area contributed by atoms with E-state index in [9.17, 15) is 9.59 Å². The average molecular weight is 438 g/mol. The van der Waals surface area contributed by atoms with Crippen molar-refractivity contribution in [1.82, 2.24) is 9.88 Å². The van der Waals surface area contributed by atoms with Crippen molar-refractivity contribution in [1.29, 1.82) is 0 Å². The fraction of sp³-hybridized carbons (Fsp3) is 0.261. The van der Waals surface area contributed by atoms with Gasteiger partial charge in [0, 0.05) is 22.4 Å². The van der Waals surface area contributed by atoms with Gasteiger partial charge in [0.2, 0.25) is 5.91 Å². The number of carbonyl (C=O) groups excluding carboxylic acids is 2. The van der Waals surface area contributed by atoms with E-state index in [4.69, 9.17) is 0 Å². The average Bonchev–Trinajstić information content (AvgIpc) is 3.41. The summed E-state index contributed by atoms with van der Waals surface area (Å²) in [6.45, 7) is 6.03. The quantitative estimate of drug-likeness (QED) is 0.631. The molecule has 0 saturated carbocycles. The lowest BCUT2D eigenvalue weighted by Crippen LogP contribution is -2.44. The Bertz CT molecular complexity index is 1110. The van der Waals surface area contributed by atoms with Crippen molar-refractivity contribution >= 4 is 40.6 Å². The first-order chi connectivity index (χ1) is 14.5. The molecule has 1 unspecified atom stereocenters. The monoisotopic (exact) mass is 437 g/mol. The van der Waals surface area contributed by atoms with Gasteiger partial charge < -0.3 is 10.2 Å². The van der Waals surface area contributed by atoms with Crippen LogP contribution in [-0.2, 0) is 4.79 Å². The molecule has 4 rings (SSSR count). The summed E-state index contributed by atoms with van der Waals surface area (Å²) in [5.74, 6) is 0.714. The van der Waals surface area contributed by atoms with Gasteiger partial charge >= 0.3 is 0 Å². The van der Waals surface area contributed by atoms with E-state index in [1.165, 1.54) is 11.3 Å². The number of carbonyl (C=O) groups is 2. The molecule has 1 atom stereocenters. The first-order valence-electron chi connectivity index (χ1n) is 9.73. The number of rotatable bonds is 4. The molecule has 0 spiro atoms. The minimum atomic E-state index is -0.508. The number of aromatic nitrogens is 1. The van der Waals surface area contributed by atoms with Crippen LogP contribution in [0.15, 0.2) is 47.8 Å². The predicted molar refractivity (Wildman–Crippen MR) is 124 cm³/mol. The van der Waals surface area contributed by atoms with Crippen LogP contribution in [0.4, 0.5) is 5.69 Å². The van der Waals surface area contributed by atoms with E-state index in [0.29, 0.717) is 17.3 Å². The highest BCUT2D eigenvalue weighted by atomic mass is 32.2. The molecular weight excluding hydrogens is 414 g/mol. The highest BCUT2D eigenvalue weighted by molar-refractivity contribution is 7.99. The summed E-state index contributed by atoms with van der Waals surface area (Å²) in [5, 5.41) is 5.61. The maximum absolute atomic E-state index is 13.1. The van der Waals surface area contributed by atoms with Crippen LogP contribution in [0.2, 0.25) is 0 Å². The van der Waals surface area contributed by atoms with Crippen molar-refractivity contribution in [3.63, 3.8) is 0 Å². The Balaban J connectivity index is 1.52. The summed E-state index contributed by atoms with van der Waals surface area (Å²) in [4.78, 5) is 32.3. The Hall–Kier alpha value is -2.64. The molecule has 1 N–H and O–H groups in total. The zero-order valence-electron chi connectivity index (χ0n) is 17.1. The number of amides is 2. The summed E-state index contributed by atoms with van der Waals surface area (Å²) in [6, 6.07) is 13.3. The van der Waals surface area contributed by atoms with E-state index in [0.717, 1.165) is 32.9 Å². The number of hydrogen-bond donors (Lipinski definition) is 1. The molecule has 2 aromatic carbocycles. The molecule has 2 heterocycles. The van der Waals surface area contributed by atoms with E-state index < -0.39 is 6.04 Å². The van der Waals surface area contributed by atoms with Crippen molar-refractivity contribution in [3.05, 3.63) is 70.2 Å². The van der Waals surface area contributed by atoms with Crippen LogP contribution in [0.1, 0.15) is 27.2 Å². The first-order valence-corrected chi connectivity index (χ1v) is 11.8. The molecular formula is C23H23N3O2S2. The van der Waals surface area contributed by atoms with E-state index >= 15 is 0 Å². The SMILES string of the molecule is Cc1ccccc1-c1nc(C(=O)N2CSCC2C(=O)Nc2cccc(C)c2C)cs1. The normalized spacial score (nSPS) is 16.0. The molecule has 0 bridgehead atoms. The Kier molecular flexibility index (Phi) is 5.92. The molecule has 7 heteroatoms. The maximum atomic E-state index is 13.1. The Labute approximate surface area is 184 Å². The number of thioether (sulfide) groups is 1. The highest BCUT2D eigenvalue weighted by Crippen LogP contribution is 2.29. The largest absolute Gasteiger partial charge is 0.324 e. The van der Waals surface area contributed by atoms with Gasteiger partial charge in [0.05, 0.1) is 5.88 Å². The number of hydrogen-bond acceptors (Lipinski definition) is 5. The third-order valence-electron chi connectivity index (χ3n) is 5.41. The van der Waals surface area contributed by atoms with Gasteiger partial charge in [0.15, 0.2) is 0 Å². The number of nitrogens with zero attached hydrogens (tertiary/aromatic N) is 2. The van der Waals surface area contributed by atoms with Crippen LogP contribution >= 0.6 is 23.1 Å². The van der Waals surface area contributed by atoms with Crippen LogP contribution in [-0.4, -0.2) is 39.4 Å². The fourth-order valence-corrected chi connectivity index (χ4v) is 5.46. The number of nitrogens with one attached hydrogen (secondary N) is 1. The fourth-order valence-electron chi connectivity index (χ4n) is 3.42. The number of aryl methyl sites for hydroxylation is 2. The summed E-state index contributed by atoms with van der Waals surface area (Å²) < 4.78 is 0. The third-order valence-corrected chi connectivity index (χ3v) is 7.29. The number of thiazole rings is 1. The van der Waals surface area contributed by atoms with E-state index in [2.05, 4.69) is 10.3 Å². The molecule has 154 valence electrons. The molecule has 1 aliphatic rings. The third kappa shape index (κ3) is 4.00. The summed E-state index contributed by atoms with van der Waals surface area (Å²) in [7, 11) is 0. The topological polar surface area (TPSA) is 62.3 Å². The zero-order valence-corrected chi connectivity index (χ0v) is 18.8. The van der Waals surface area contributed by atoms with Crippen molar-refractivity contribution < 1.29 is 9.59 Å². The molecule has 1 aliphatic heterocycles. The van der Waals surface area contributed by atoms with Gasteiger partial charge in [-0.15, -0.1) is 23.1 Å². The van der Waals surface area contributed by atoms with Crippen molar-refractivity contribution in [2.45, 2.75) is 26.8 Å². The lowest BCUT2D eigenvalue weighted by Gasteiger charge is -2.23. The van der Waals surface area contributed by atoms with Gasteiger partial charge in [-0.05, 0) is 43.5 Å². The van der Waals surface area contributed by atoms with Gasteiger partial charge in [-0.1, -0.05) is 36.4 Å². The molecule has 3 aromatic rings. The molecule has 1 saturated heterocycles. The van der Waals surface area contributed by atoms with E-state index in [1.807, 2.05) is 63.2 Å². The second-order valence-corrected chi connectivity index (χ2v) is 9.24. The second-order valence-electron chi connectivity index (χ2n) is 7.38. The molecule has 5 nitrogen and oxygen atoms in total. The Morgan fingerprint density at radius 2 is 1.83 bits per heavy atom. The smallest absolute Gasteiger partial charge is 0.274 e. The lowest BCUT2D eigenvalue weighted by molar-refractivity contribution is -0.119. The minimum Gasteiger partial charge on any atom is -0.324 e. The van der Waals surface area contributed by atoms with Crippen LogP contribution < -0.4 is 5.32 Å². The van der Waals surface area contributed by atoms with Crippen molar-refractivity contribution in [2.24, 2.45) is 0 Å². The van der Waals surface area contributed by atoms with Gasteiger partial charge in [0.1, 0.15) is 16.7 Å². The molecule has 0 radical (unpaired) electrons. The van der Waals surface area contributed by atoms with Crippen LogP contribution in [0.3, 0.4) is 0 Å². The van der Waals surface area contributed by atoms with E-state index in [1.54, 1.807) is 22.0 Å². The van der Waals surface area contributed by atoms with Crippen LogP contribution in [0, 0.1) is 20.8 Å². The molecule has 1 aromatic heterocycles. The van der Waals surface area contributed by atoms with Gasteiger partial charge in [-0.25, -0.2) is 4.98 Å². The zero-order chi connectivity index (χ0) is 21.3. The second kappa shape index (κ2) is 8.62. The first kappa shape index (κ1) is 20.6. The van der Waals surface area contributed by atoms with Gasteiger partial charge in [-0.3, -0.25) is 9.59 Å². The van der Waals surface area contributed by atoms with Crippen LogP contribution in [0.25, 0.3) is 10.6 Å². The minimum absolute atomic E-state index is 0.156. The highest BCUT2D eigenvalue weighted by Gasteiger charge is 2.36. The summed E-state index contributed by atoms with van der Waals surface area (Å²) in [6.07, 6.45) is 0. The maximum Gasteiger partial charge on any atom is 0.274 e. The van der Waals surface area contributed by atoms with E-state index in [-0.39, 0.29) is 11.8 Å². The molecule has 30 heavy (non-hydrogen) atoms. The van der Waals surface area contributed by atoms with Crippen LogP contribution in [0.5, 0.6) is 0 Å². The predicted octanol–water partition coefficient (Wildman–Crippen LogP) is 4.89. The Morgan fingerprint density at radius 1 is 1.07 bits per heavy atom. The summed E-state index contributed by atoms with van der Waals surface area (Å²) >= 11 is 3.04. The number of anilines is 1. The Morgan fingerprint density at radius 3 is 2.63 bits per heavy atom. The number of benzene rings is 2. The molecule has 0 aliphatic carbocycles. The lowest BCUT2D eigenvalue weighted by atomic mass is 10.1. The standard InChI is InChI=1S/C23H23N3O2S2/c1-14-8-6-10-18(16(14)3)24-21(27)20-12-29-13-26(20)23(28)19-11-30-22(25-19)17-9-5-4-7-15(17)2/h4-11,20H,12-13H2,1-3H3,(H,24,27). The molecule has 1 fully saturated rings. The summed E-state index contributed by atoms with van der Waals surface area (Å²) in [5.41, 5.74) is 5.49. The van der Waals surface area contributed by atoms with Gasteiger partial charge in [-0.2, -0.15) is 0 Å².